The van der Waals surface area contributed by atoms with Gasteiger partial charge in [-0.1, -0.05) is 25.1 Å². The van der Waals surface area contributed by atoms with E-state index in [9.17, 15) is 5.11 Å². The maximum Gasteiger partial charge on any atom is 0.122 e. The molecule has 0 bridgehead atoms. The van der Waals surface area contributed by atoms with Crippen molar-refractivity contribution in [1.29, 1.82) is 0 Å². The predicted octanol–water partition coefficient (Wildman–Crippen LogP) is 1.51. The fraction of sp³-hybridized carbons (Fsp3) is 0.538. The Morgan fingerprint density at radius 3 is 2.94 bits per heavy atom. The van der Waals surface area contributed by atoms with Gasteiger partial charge in [0, 0.05) is 23.5 Å². The molecule has 3 nitrogen and oxygen atoms in total. The van der Waals surface area contributed by atoms with E-state index < -0.39 is 0 Å². The molecule has 16 heavy (non-hydrogen) atoms. The SMILES string of the molecule is CC(CN)(CO)CC1COc2ccccc21. The fourth-order valence-electron chi connectivity index (χ4n) is 2.21. The number of para-hydroxylation sites is 1. The maximum atomic E-state index is 9.37. The second-order valence-electron chi connectivity index (χ2n) is 4.92. The smallest absolute Gasteiger partial charge is 0.122 e. The standard InChI is InChI=1S/C13H19NO2/c1-13(8-14,9-15)6-10-7-16-12-5-3-2-4-11(10)12/h2-5,10,15H,6-9,14H2,1H3. The first-order valence-electron chi connectivity index (χ1n) is 5.71. The Balaban J connectivity index is 2.14. The zero-order chi connectivity index (χ0) is 11.6. The monoisotopic (exact) mass is 221 g/mol. The van der Waals surface area contributed by atoms with Crippen LogP contribution in [0, 0.1) is 5.41 Å². The Labute approximate surface area is 96.2 Å². The van der Waals surface area contributed by atoms with E-state index >= 15 is 0 Å². The van der Waals surface area contributed by atoms with Crippen LogP contribution >= 0.6 is 0 Å². The van der Waals surface area contributed by atoms with Crippen molar-refractivity contribution in [1.82, 2.24) is 0 Å². The highest BCUT2D eigenvalue weighted by Crippen LogP contribution is 2.40. The zero-order valence-electron chi connectivity index (χ0n) is 9.65. The van der Waals surface area contributed by atoms with Gasteiger partial charge in [-0.15, -0.1) is 0 Å². The summed E-state index contributed by atoms with van der Waals surface area (Å²) in [5, 5.41) is 9.37. The summed E-state index contributed by atoms with van der Waals surface area (Å²) in [5.41, 5.74) is 6.76. The molecule has 1 aromatic rings. The summed E-state index contributed by atoms with van der Waals surface area (Å²) in [6.07, 6.45) is 0.872. The molecule has 2 atom stereocenters. The van der Waals surface area contributed by atoms with E-state index in [-0.39, 0.29) is 12.0 Å². The Hall–Kier alpha value is -1.06. The number of aliphatic hydroxyl groups is 1. The van der Waals surface area contributed by atoms with Gasteiger partial charge >= 0.3 is 0 Å². The number of fused-ring (bicyclic) bond motifs is 1. The van der Waals surface area contributed by atoms with Crippen LogP contribution in [0.3, 0.4) is 0 Å². The van der Waals surface area contributed by atoms with E-state index in [2.05, 4.69) is 6.07 Å². The lowest BCUT2D eigenvalue weighted by Gasteiger charge is -2.28. The number of benzene rings is 1. The van der Waals surface area contributed by atoms with Crippen LogP contribution in [-0.4, -0.2) is 24.9 Å². The molecule has 1 aliphatic heterocycles. The average Bonchev–Trinajstić information content (AvgIpc) is 2.73. The van der Waals surface area contributed by atoms with Crippen molar-refractivity contribution in [3.63, 3.8) is 0 Å². The van der Waals surface area contributed by atoms with Gasteiger partial charge in [0.25, 0.3) is 0 Å². The molecule has 2 rings (SSSR count). The molecule has 0 fully saturated rings. The maximum absolute atomic E-state index is 9.37. The van der Waals surface area contributed by atoms with Gasteiger partial charge in [-0.05, 0) is 19.0 Å². The Morgan fingerprint density at radius 2 is 2.25 bits per heavy atom. The van der Waals surface area contributed by atoms with Crippen molar-refractivity contribution in [2.24, 2.45) is 11.1 Å². The van der Waals surface area contributed by atoms with Crippen molar-refractivity contribution in [2.45, 2.75) is 19.3 Å². The van der Waals surface area contributed by atoms with Crippen molar-refractivity contribution in [3.8, 4) is 5.75 Å². The van der Waals surface area contributed by atoms with E-state index in [0.29, 0.717) is 19.1 Å². The van der Waals surface area contributed by atoms with Crippen LogP contribution in [0.5, 0.6) is 5.75 Å². The molecule has 0 saturated carbocycles. The molecule has 1 aromatic carbocycles. The summed E-state index contributed by atoms with van der Waals surface area (Å²) in [7, 11) is 0. The van der Waals surface area contributed by atoms with Crippen molar-refractivity contribution in [2.75, 3.05) is 19.8 Å². The molecule has 1 heterocycles. The van der Waals surface area contributed by atoms with Gasteiger partial charge in [0.15, 0.2) is 0 Å². The lowest BCUT2D eigenvalue weighted by molar-refractivity contribution is 0.127. The minimum absolute atomic E-state index is 0.127. The van der Waals surface area contributed by atoms with E-state index in [1.54, 1.807) is 0 Å². The number of nitrogens with two attached hydrogens (primary N) is 1. The third-order valence-electron chi connectivity index (χ3n) is 3.41. The summed E-state index contributed by atoms with van der Waals surface area (Å²) < 4.78 is 5.62. The number of ether oxygens (including phenoxy) is 1. The van der Waals surface area contributed by atoms with Gasteiger partial charge in [-0.3, -0.25) is 0 Å². The molecule has 1 aliphatic rings. The molecule has 0 amide bonds. The van der Waals surface area contributed by atoms with E-state index in [1.165, 1.54) is 5.56 Å². The third kappa shape index (κ3) is 2.06. The minimum Gasteiger partial charge on any atom is -0.493 e. The molecule has 88 valence electrons. The van der Waals surface area contributed by atoms with E-state index in [1.807, 2.05) is 25.1 Å². The van der Waals surface area contributed by atoms with Crippen molar-refractivity contribution >= 4 is 0 Å². The predicted molar refractivity (Wildman–Crippen MR) is 63.5 cm³/mol. The Kier molecular flexibility index (Phi) is 3.17. The molecule has 2 unspecified atom stereocenters. The van der Waals surface area contributed by atoms with Crippen LogP contribution in [0.1, 0.15) is 24.8 Å². The highest BCUT2D eigenvalue weighted by atomic mass is 16.5. The molecule has 0 spiro atoms. The van der Waals surface area contributed by atoms with Crippen molar-refractivity contribution in [3.05, 3.63) is 29.8 Å². The number of hydrogen-bond acceptors (Lipinski definition) is 3. The van der Waals surface area contributed by atoms with Crippen LogP contribution < -0.4 is 10.5 Å². The Morgan fingerprint density at radius 1 is 1.50 bits per heavy atom. The number of rotatable bonds is 4. The van der Waals surface area contributed by atoms with Gasteiger partial charge in [0.1, 0.15) is 5.75 Å². The van der Waals surface area contributed by atoms with E-state index in [4.69, 9.17) is 10.5 Å². The summed E-state index contributed by atoms with van der Waals surface area (Å²) in [4.78, 5) is 0. The van der Waals surface area contributed by atoms with Gasteiger partial charge in [0.2, 0.25) is 0 Å². The minimum atomic E-state index is -0.203. The average molecular weight is 221 g/mol. The highest BCUT2D eigenvalue weighted by Gasteiger charge is 2.31. The summed E-state index contributed by atoms with van der Waals surface area (Å²) in [6, 6.07) is 8.10. The fourth-order valence-corrected chi connectivity index (χ4v) is 2.21. The van der Waals surface area contributed by atoms with Crippen LogP contribution in [0.25, 0.3) is 0 Å². The second kappa shape index (κ2) is 4.44. The number of hydrogen-bond donors (Lipinski definition) is 2. The van der Waals surface area contributed by atoms with Gasteiger partial charge < -0.3 is 15.6 Å². The first-order valence-corrected chi connectivity index (χ1v) is 5.71. The normalized spacial score (nSPS) is 22.3. The molecule has 0 aliphatic carbocycles. The molecule has 3 heteroatoms. The number of aliphatic hydroxyl groups excluding tert-OH is 1. The molecule has 0 aromatic heterocycles. The first-order chi connectivity index (χ1) is 7.68. The largest absolute Gasteiger partial charge is 0.493 e. The quantitative estimate of drug-likeness (QED) is 0.810. The van der Waals surface area contributed by atoms with Crippen LogP contribution in [0.2, 0.25) is 0 Å². The van der Waals surface area contributed by atoms with Gasteiger partial charge in [0.05, 0.1) is 6.61 Å². The van der Waals surface area contributed by atoms with Gasteiger partial charge in [-0.25, -0.2) is 0 Å². The summed E-state index contributed by atoms with van der Waals surface area (Å²) in [6.45, 7) is 3.35. The van der Waals surface area contributed by atoms with Crippen LogP contribution in [0.4, 0.5) is 0 Å². The lowest BCUT2D eigenvalue weighted by Crippen LogP contribution is -2.33. The lowest BCUT2D eigenvalue weighted by atomic mass is 9.80. The third-order valence-corrected chi connectivity index (χ3v) is 3.41. The van der Waals surface area contributed by atoms with Crippen LogP contribution in [0.15, 0.2) is 24.3 Å². The molecule has 3 N–H and O–H groups in total. The Bertz CT molecular complexity index is 361. The summed E-state index contributed by atoms with van der Waals surface area (Å²) >= 11 is 0. The molecular formula is C13H19NO2. The van der Waals surface area contributed by atoms with Crippen LogP contribution in [-0.2, 0) is 0 Å². The van der Waals surface area contributed by atoms with E-state index in [0.717, 1.165) is 12.2 Å². The zero-order valence-corrected chi connectivity index (χ0v) is 9.65. The highest BCUT2D eigenvalue weighted by molar-refractivity contribution is 5.39. The molecule has 0 radical (unpaired) electrons. The topological polar surface area (TPSA) is 55.5 Å². The molecular weight excluding hydrogens is 202 g/mol. The summed E-state index contributed by atoms with van der Waals surface area (Å²) in [5.74, 6) is 1.33. The second-order valence-corrected chi connectivity index (χ2v) is 4.92. The first kappa shape index (κ1) is 11.4. The molecule has 0 saturated heterocycles. The van der Waals surface area contributed by atoms with Crippen molar-refractivity contribution < 1.29 is 9.84 Å². The van der Waals surface area contributed by atoms with Gasteiger partial charge in [-0.2, -0.15) is 0 Å².